The molecular formula is C32H32N2O. The lowest BCUT2D eigenvalue weighted by Gasteiger charge is -2.62. The van der Waals surface area contributed by atoms with E-state index >= 15 is 0 Å². The van der Waals surface area contributed by atoms with Crippen molar-refractivity contribution in [1.29, 1.82) is 0 Å². The van der Waals surface area contributed by atoms with Crippen molar-refractivity contribution < 1.29 is 4.74 Å². The number of aryl methyl sites for hydroxylation is 1. The van der Waals surface area contributed by atoms with Gasteiger partial charge in [-0.25, -0.2) is 0 Å². The quantitative estimate of drug-likeness (QED) is 0.352. The highest BCUT2D eigenvalue weighted by molar-refractivity contribution is 6.09. The molecule has 0 saturated carbocycles. The predicted molar refractivity (Wildman–Crippen MR) is 143 cm³/mol. The van der Waals surface area contributed by atoms with Gasteiger partial charge in [-0.15, -0.1) is 0 Å². The molecule has 35 heavy (non-hydrogen) atoms. The number of nitrogens with zero attached hydrogens (tertiary/aromatic N) is 2. The second-order valence-corrected chi connectivity index (χ2v) is 10.5. The topological polar surface area (TPSA) is 25.4 Å². The van der Waals surface area contributed by atoms with Crippen LogP contribution in [0.15, 0.2) is 72.9 Å². The van der Waals surface area contributed by atoms with Crippen molar-refractivity contribution >= 4 is 17.1 Å². The van der Waals surface area contributed by atoms with Crippen LogP contribution < -0.4 is 4.90 Å². The summed E-state index contributed by atoms with van der Waals surface area (Å²) in [5.74, 6) is 0.921. The van der Waals surface area contributed by atoms with Gasteiger partial charge in [0.05, 0.1) is 16.8 Å². The molecule has 0 radical (unpaired) electrons. The van der Waals surface area contributed by atoms with Crippen molar-refractivity contribution in [2.75, 3.05) is 4.90 Å². The average Bonchev–Trinajstić information content (AvgIpc) is 3.29. The van der Waals surface area contributed by atoms with Crippen LogP contribution in [-0.2, 0) is 16.6 Å². The minimum absolute atomic E-state index is 0.00145. The molecule has 0 N–H and O–H groups in total. The molecule has 3 unspecified atom stereocenters. The molecule has 4 heterocycles. The van der Waals surface area contributed by atoms with Gasteiger partial charge in [0.1, 0.15) is 5.69 Å². The van der Waals surface area contributed by atoms with Gasteiger partial charge in [0.2, 0.25) is 0 Å². The Balaban J connectivity index is 1.49. The van der Waals surface area contributed by atoms with E-state index in [4.69, 9.17) is 9.72 Å². The molecule has 3 aromatic rings. The number of fused-ring (bicyclic) bond motifs is 6. The lowest BCUT2D eigenvalue weighted by molar-refractivity contribution is -0.00314. The Morgan fingerprint density at radius 2 is 1.71 bits per heavy atom. The zero-order chi connectivity index (χ0) is 23.8. The van der Waals surface area contributed by atoms with Gasteiger partial charge in [0, 0.05) is 22.7 Å². The number of allylic oxidation sites excluding steroid dienone is 1. The molecule has 3 heteroatoms. The zero-order valence-electron chi connectivity index (χ0n) is 20.8. The molecule has 0 bridgehead atoms. The molecule has 2 aromatic carbocycles. The maximum absolute atomic E-state index is 7.07. The van der Waals surface area contributed by atoms with Gasteiger partial charge in [-0.2, -0.15) is 0 Å². The second-order valence-electron chi connectivity index (χ2n) is 10.5. The summed E-state index contributed by atoms with van der Waals surface area (Å²) >= 11 is 0. The van der Waals surface area contributed by atoms with E-state index in [1.807, 2.05) is 6.20 Å². The van der Waals surface area contributed by atoms with Crippen molar-refractivity contribution in [3.8, 4) is 11.1 Å². The first kappa shape index (κ1) is 21.0. The molecule has 0 fully saturated rings. The summed E-state index contributed by atoms with van der Waals surface area (Å²) in [5.41, 5.74) is 9.96. The normalized spacial score (nSPS) is 26.6. The minimum Gasteiger partial charge on any atom is -0.465 e. The number of ether oxygens (including phenoxy) is 1. The number of aromatic nitrogens is 1. The third kappa shape index (κ3) is 2.44. The van der Waals surface area contributed by atoms with Crippen molar-refractivity contribution in [2.45, 2.75) is 64.5 Å². The van der Waals surface area contributed by atoms with Crippen LogP contribution in [0.1, 0.15) is 68.8 Å². The van der Waals surface area contributed by atoms with E-state index < -0.39 is 0 Å². The van der Waals surface area contributed by atoms with E-state index in [2.05, 4.69) is 92.4 Å². The summed E-state index contributed by atoms with van der Waals surface area (Å²) in [7, 11) is 0. The zero-order valence-corrected chi connectivity index (χ0v) is 20.8. The maximum Gasteiger partial charge on any atom is 0.187 e. The molecule has 3 aliphatic heterocycles. The van der Waals surface area contributed by atoms with Crippen LogP contribution in [0.2, 0.25) is 0 Å². The molecule has 4 aliphatic rings. The molecule has 176 valence electrons. The number of para-hydroxylation sites is 1. The minimum atomic E-state index is -0.0639. The van der Waals surface area contributed by atoms with Crippen LogP contribution >= 0.6 is 0 Å². The SMILES string of the molecule is CCCCc1ccc(C2=C3c4ccccc4-c4cccc5c4N3C(O2)C2(CC)C=CC52CC)nc1. The number of benzene rings is 2. The van der Waals surface area contributed by atoms with Crippen LogP contribution in [0.3, 0.4) is 0 Å². The number of hydrogen-bond acceptors (Lipinski definition) is 3. The van der Waals surface area contributed by atoms with Crippen LogP contribution in [0.5, 0.6) is 0 Å². The maximum atomic E-state index is 7.07. The van der Waals surface area contributed by atoms with Crippen LogP contribution in [0.25, 0.3) is 22.6 Å². The van der Waals surface area contributed by atoms with E-state index in [9.17, 15) is 0 Å². The highest BCUT2D eigenvalue weighted by Crippen LogP contribution is 2.70. The highest BCUT2D eigenvalue weighted by Gasteiger charge is 2.67. The van der Waals surface area contributed by atoms with Crippen molar-refractivity contribution in [1.82, 2.24) is 4.98 Å². The van der Waals surface area contributed by atoms with E-state index in [0.717, 1.165) is 30.7 Å². The summed E-state index contributed by atoms with van der Waals surface area (Å²) in [6.45, 7) is 6.89. The van der Waals surface area contributed by atoms with Gasteiger partial charge >= 0.3 is 0 Å². The Morgan fingerprint density at radius 1 is 0.886 bits per heavy atom. The number of hydrogen-bond donors (Lipinski definition) is 0. The number of rotatable bonds is 6. The Morgan fingerprint density at radius 3 is 2.40 bits per heavy atom. The number of unbranched alkanes of at least 4 members (excludes halogenated alkanes) is 1. The largest absolute Gasteiger partial charge is 0.465 e. The Kier molecular flexibility index (Phi) is 4.40. The number of pyridine rings is 1. The first-order valence-electron chi connectivity index (χ1n) is 13.3. The Bertz CT molecular complexity index is 1400. The van der Waals surface area contributed by atoms with Gasteiger partial charge in [0.15, 0.2) is 12.0 Å². The third-order valence-electron chi connectivity index (χ3n) is 9.11. The third-order valence-corrected chi connectivity index (χ3v) is 9.11. The van der Waals surface area contributed by atoms with Crippen LogP contribution in [-0.4, -0.2) is 11.2 Å². The van der Waals surface area contributed by atoms with Gasteiger partial charge in [-0.1, -0.05) is 87.9 Å². The summed E-state index contributed by atoms with van der Waals surface area (Å²) < 4.78 is 7.07. The fraction of sp³-hybridized carbons (Fsp3) is 0.344. The Hall–Kier alpha value is -3.33. The summed E-state index contributed by atoms with van der Waals surface area (Å²) in [6.07, 6.45) is 12.4. The lowest BCUT2D eigenvalue weighted by Crippen LogP contribution is -2.63. The summed E-state index contributed by atoms with van der Waals surface area (Å²) in [4.78, 5) is 7.46. The second kappa shape index (κ2) is 7.34. The fourth-order valence-corrected chi connectivity index (χ4v) is 7.22. The molecule has 3 nitrogen and oxygen atoms in total. The predicted octanol–water partition coefficient (Wildman–Crippen LogP) is 7.72. The van der Waals surface area contributed by atoms with Crippen LogP contribution in [0, 0.1) is 5.41 Å². The number of anilines is 1. The monoisotopic (exact) mass is 460 g/mol. The van der Waals surface area contributed by atoms with E-state index in [1.54, 1.807) is 0 Å². The molecular weight excluding hydrogens is 428 g/mol. The lowest BCUT2D eigenvalue weighted by atomic mass is 9.47. The molecule has 7 rings (SSSR count). The van der Waals surface area contributed by atoms with Crippen LogP contribution in [0.4, 0.5) is 5.69 Å². The van der Waals surface area contributed by atoms with E-state index in [1.165, 1.54) is 52.0 Å². The van der Waals surface area contributed by atoms with Gasteiger partial charge in [-0.3, -0.25) is 9.88 Å². The van der Waals surface area contributed by atoms with Gasteiger partial charge in [-0.05, 0) is 48.4 Å². The first-order valence-corrected chi connectivity index (χ1v) is 13.3. The summed E-state index contributed by atoms with van der Waals surface area (Å²) in [6, 6.07) is 20.1. The highest BCUT2D eigenvalue weighted by atomic mass is 16.5. The molecule has 0 amide bonds. The van der Waals surface area contributed by atoms with Crippen molar-refractivity contribution in [2.24, 2.45) is 5.41 Å². The smallest absolute Gasteiger partial charge is 0.187 e. The molecule has 1 aliphatic carbocycles. The van der Waals surface area contributed by atoms with Gasteiger partial charge in [0.25, 0.3) is 0 Å². The molecule has 0 spiro atoms. The van der Waals surface area contributed by atoms with E-state index in [0.29, 0.717) is 0 Å². The first-order chi connectivity index (χ1) is 17.2. The standard InChI is InChI=1S/C32H32N2O/c1-4-7-11-21-16-17-26(33-20-21)29-28-24-13-9-8-12-22(24)23-14-10-15-25-27(23)34(28)30(35-29)32(6-3)19-18-31(25,32)5-2/h8-10,12-20,30H,4-7,11H2,1-3H3. The Labute approximate surface area is 208 Å². The van der Waals surface area contributed by atoms with Crippen molar-refractivity contribution in [3.63, 3.8) is 0 Å². The fourth-order valence-electron chi connectivity index (χ4n) is 7.22. The molecule has 1 aromatic heterocycles. The van der Waals surface area contributed by atoms with E-state index in [-0.39, 0.29) is 17.1 Å². The summed E-state index contributed by atoms with van der Waals surface area (Å²) in [5, 5.41) is 0. The van der Waals surface area contributed by atoms with Crippen molar-refractivity contribution in [3.05, 3.63) is 95.3 Å². The van der Waals surface area contributed by atoms with Gasteiger partial charge < -0.3 is 4.74 Å². The average molecular weight is 461 g/mol. The molecule has 0 saturated heterocycles. The molecule has 3 atom stereocenters.